The predicted molar refractivity (Wildman–Crippen MR) is 106 cm³/mol. The van der Waals surface area contributed by atoms with Crippen LogP contribution in [0.25, 0.3) is 0 Å². The summed E-state index contributed by atoms with van der Waals surface area (Å²) in [5, 5.41) is 5.20. The lowest BCUT2D eigenvalue weighted by Gasteiger charge is -2.08. The average molecular weight is 387 g/mol. The number of anilines is 1. The van der Waals surface area contributed by atoms with Crippen LogP contribution in [0, 0.1) is 0 Å². The summed E-state index contributed by atoms with van der Waals surface area (Å²) in [6.07, 6.45) is 1.50. The second-order valence-electron chi connectivity index (χ2n) is 6.15. The second-order valence-corrected chi connectivity index (χ2v) is 7.50. The Morgan fingerprint density at radius 2 is 2.00 bits per heavy atom. The molecule has 0 radical (unpaired) electrons. The Hall–Kier alpha value is -2.37. The van der Waals surface area contributed by atoms with Gasteiger partial charge in [0.15, 0.2) is 0 Å². The van der Waals surface area contributed by atoms with Crippen molar-refractivity contribution in [2.45, 2.75) is 26.4 Å². The molecule has 0 aliphatic heterocycles. The minimum absolute atomic E-state index is 0.197. The predicted octanol–water partition coefficient (Wildman–Crippen LogP) is 5.75. The standard InChI is InChI=1S/C20H19ClN2O2S/c1-13(2)15-3-6-17(7-4-15)25-11-14-9-18(26-12-14)20(24)23-19-8-5-16(21)10-22-19/h3-10,12-13H,11H2,1-2H3,(H,22,23,24). The van der Waals surface area contributed by atoms with Gasteiger partial charge in [-0.15, -0.1) is 11.3 Å². The monoisotopic (exact) mass is 386 g/mol. The van der Waals surface area contributed by atoms with Crippen LogP contribution in [-0.2, 0) is 6.61 Å². The van der Waals surface area contributed by atoms with Gasteiger partial charge in [-0.05, 0) is 47.2 Å². The van der Waals surface area contributed by atoms with Gasteiger partial charge in [-0.25, -0.2) is 4.98 Å². The van der Waals surface area contributed by atoms with Crippen LogP contribution >= 0.6 is 22.9 Å². The van der Waals surface area contributed by atoms with Crippen molar-refractivity contribution in [3.05, 3.63) is 75.1 Å². The highest BCUT2D eigenvalue weighted by Gasteiger charge is 2.11. The Morgan fingerprint density at radius 1 is 1.23 bits per heavy atom. The van der Waals surface area contributed by atoms with Crippen LogP contribution in [0.4, 0.5) is 5.82 Å². The van der Waals surface area contributed by atoms with E-state index < -0.39 is 0 Å². The number of halogens is 1. The zero-order valence-corrected chi connectivity index (χ0v) is 16.1. The van der Waals surface area contributed by atoms with E-state index in [4.69, 9.17) is 16.3 Å². The number of carbonyl (C=O) groups excluding carboxylic acids is 1. The summed E-state index contributed by atoms with van der Waals surface area (Å²) in [6, 6.07) is 13.3. The maximum absolute atomic E-state index is 12.3. The Morgan fingerprint density at radius 3 is 2.65 bits per heavy atom. The van der Waals surface area contributed by atoms with Crippen molar-refractivity contribution in [2.24, 2.45) is 0 Å². The van der Waals surface area contributed by atoms with Gasteiger partial charge in [0.1, 0.15) is 18.2 Å². The lowest BCUT2D eigenvalue weighted by Crippen LogP contribution is -2.11. The van der Waals surface area contributed by atoms with Crippen LogP contribution in [0.2, 0.25) is 5.02 Å². The van der Waals surface area contributed by atoms with Crippen molar-refractivity contribution in [3.63, 3.8) is 0 Å². The molecule has 1 aromatic carbocycles. The third-order valence-electron chi connectivity index (χ3n) is 3.80. The summed E-state index contributed by atoms with van der Waals surface area (Å²) >= 11 is 7.17. The molecule has 0 atom stereocenters. The minimum Gasteiger partial charge on any atom is -0.489 e. The largest absolute Gasteiger partial charge is 0.489 e. The molecular weight excluding hydrogens is 368 g/mol. The highest BCUT2D eigenvalue weighted by molar-refractivity contribution is 7.12. The Kier molecular flexibility index (Phi) is 5.91. The van der Waals surface area contributed by atoms with Crippen molar-refractivity contribution >= 4 is 34.7 Å². The van der Waals surface area contributed by atoms with Crippen LogP contribution in [0.5, 0.6) is 5.75 Å². The lowest BCUT2D eigenvalue weighted by molar-refractivity contribution is 0.103. The molecule has 0 unspecified atom stereocenters. The maximum atomic E-state index is 12.3. The molecule has 6 heteroatoms. The number of aromatic nitrogens is 1. The van der Waals surface area contributed by atoms with E-state index in [-0.39, 0.29) is 5.91 Å². The minimum atomic E-state index is -0.197. The van der Waals surface area contributed by atoms with Gasteiger partial charge in [0.05, 0.1) is 9.90 Å². The Labute approximate surface area is 161 Å². The third-order valence-corrected chi connectivity index (χ3v) is 5.00. The zero-order chi connectivity index (χ0) is 18.5. The van der Waals surface area contributed by atoms with Crippen molar-refractivity contribution in [1.29, 1.82) is 0 Å². The normalized spacial score (nSPS) is 10.8. The van der Waals surface area contributed by atoms with Crippen molar-refractivity contribution in [2.75, 3.05) is 5.32 Å². The summed E-state index contributed by atoms with van der Waals surface area (Å²) in [7, 11) is 0. The number of pyridine rings is 1. The van der Waals surface area contributed by atoms with E-state index >= 15 is 0 Å². The van der Waals surface area contributed by atoms with Crippen LogP contribution in [0.3, 0.4) is 0 Å². The van der Waals surface area contributed by atoms with Crippen LogP contribution in [0.15, 0.2) is 54.0 Å². The Bertz CT molecular complexity index is 874. The molecule has 2 aromatic heterocycles. The third kappa shape index (κ3) is 4.84. The fourth-order valence-corrected chi connectivity index (χ4v) is 3.22. The molecule has 3 aromatic rings. The smallest absolute Gasteiger partial charge is 0.266 e. The molecule has 1 N–H and O–H groups in total. The van der Waals surface area contributed by atoms with Crippen LogP contribution in [0.1, 0.15) is 40.6 Å². The van der Waals surface area contributed by atoms with Gasteiger partial charge in [0, 0.05) is 11.8 Å². The van der Waals surface area contributed by atoms with E-state index in [1.807, 2.05) is 23.6 Å². The quantitative estimate of drug-likeness (QED) is 0.586. The van der Waals surface area contributed by atoms with Gasteiger partial charge in [0.2, 0.25) is 0 Å². The number of ether oxygens (including phenoxy) is 1. The molecule has 26 heavy (non-hydrogen) atoms. The highest BCUT2D eigenvalue weighted by atomic mass is 35.5. The highest BCUT2D eigenvalue weighted by Crippen LogP contribution is 2.21. The molecule has 3 rings (SSSR count). The van der Waals surface area contributed by atoms with Crippen molar-refractivity contribution < 1.29 is 9.53 Å². The summed E-state index contributed by atoms with van der Waals surface area (Å²) in [4.78, 5) is 16.9. The van der Waals surface area contributed by atoms with Gasteiger partial charge in [-0.3, -0.25) is 4.79 Å². The van der Waals surface area contributed by atoms with E-state index in [2.05, 4.69) is 36.3 Å². The molecule has 0 bridgehead atoms. The number of carbonyl (C=O) groups is 1. The Balaban J connectivity index is 1.57. The van der Waals surface area contributed by atoms with Crippen molar-refractivity contribution in [1.82, 2.24) is 4.98 Å². The van der Waals surface area contributed by atoms with Crippen LogP contribution in [-0.4, -0.2) is 10.9 Å². The van der Waals surface area contributed by atoms with Gasteiger partial charge >= 0.3 is 0 Å². The average Bonchev–Trinajstić information content (AvgIpc) is 3.11. The molecule has 0 saturated heterocycles. The number of rotatable bonds is 6. The van der Waals surface area contributed by atoms with E-state index in [9.17, 15) is 4.79 Å². The van der Waals surface area contributed by atoms with Gasteiger partial charge in [-0.2, -0.15) is 0 Å². The molecule has 134 valence electrons. The molecular formula is C20H19ClN2O2S. The molecule has 0 saturated carbocycles. The van der Waals surface area contributed by atoms with Gasteiger partial charge < -0.3 is 10.1 Å². The number of thiophene rings is 1. The summed E-state index contributed by atoms with van der Waals surface area (Å²) in [5.74, 6) is 1.59. The first-order chi connectivity index (χ1) is 12.5. The second kappa shape index (κ2) is 8.34. The first kappa shape index (κ1) is 18.4. The van der Waals surface area contributed by atoms with E-state index in [0.29, 0.717) is 28.2 Å². The van der Waals surface area contributed by atoms with E-state index in [1.54, 1.807) is 12.1 Å². The zero-order valence-electron chi connectivity index (χ0n) is 14.5. The number of nitrogens with one attached hydrogen (secondary N) is 1. The lowest BCUT2D eigenvalue weighted by atomic mass is 10.0. The molecule has 0 fully saturated rings. The molecule has 2 heterocycles. The summed E-state index contributed by atoms with van der Waals surface area (Å²) in [6.45, 7) is 4.74. The maximum Gasteiger partial charge on any atom is 0.266 e. The molecule has 0 aliphatic rings. The molecule has 0 aliphatic carbocycles. The van der Waals surface area contributed by atoms with Gasteiger partial charge in [0.25, 0.3) is 5.91 Å². The topological polar surface area (TPSA) is 51.2 Å². The molecule has 4 nitrogen and oxygen atoms in total. The van der Waals surface area contributed by atoms with Gasteiger partial charge in [-0.1, -0.05) is 37.6 Å². The first-order valence-electron chi connectivity index (χ1n) is 8.24. The summed E-state index contributed by atoms with van der Waals surface area (Å²) in [5.41, 5.74) is 2.24. The SMILES string of the molecule is CC(C)c1ccc(OCc2csc(C(=O)Nc3ccc(Cl)cn3)c2)cc1. The fraction of sp³-hybridized carbons (Fsp3) is 0.200. The first-order valence-corrected chi connectivity index (χ1v) is 9.50. The number of amides is 1. The molecule has 0 spiro atoms. The van der Waals surface area contributed by atoms with Crippen molar-refractivity contribution in [3.8, 4) is 5.75 Å². The number of hydrogen-bond donors (Lipinski definition) is 1. The van der Waals surface area contributed by atoms with E-state index in [1.165, 1.54) is 23.1 Å². The summed E-state index contributed by atoms with van der Waals surface area (Å²) < 4.78 is 5.80. The van der Waals surface area contributed by atoms with Crippen LogP contribution < -0.4 is 10.1 Å². The number of hydrogen-bond acceptors (Lipinski definition) is 4. The number of benzene rings is 1. The molecule has 1 amide bonds. The number of nitrogens with zero attached hydrogens (tertiary/aromatic N) is 1. The van der Waals surface area contributed by atoms with E-state index in [0.717, 1.165) is 11.3 Å². The fourth-order valence-electron chi connectivity index (χ4n) is 2.31.